The van der Waals surface area contributed by atoms with Crippen LogP contribution in [0.3, 0.4) is 0 Å². The van der Waals surface area contributed by atoms with Crippen molar-refractivity contribution in [2.75, 3.05) is 18.9 Å². The second kappa shape index (κ2) is 9.03. The normalized spacial score (nSPS) is 20.3. The molecule has 7 nitrogen and oxygen atoms in total. The number of aromatic nitrogens is 4. The molecule has 1 fully saturated rings. The van der Waals surface area contributed by atoms with Crippen molar-refractivity contribution in [3.63, 3.8) is 0 Å². The Hall–Kier alpha value is -3.10. The maximum Gasteiger partial charge on any atom is 0.216 e. The third-order valence-electron chi connectivity index (χ3n) is 6.09. The van der Waals surface area contributed by atoms with Crippen molar-refractivity contribution < 1.29 is 9.47 Å². The van der Waals surface area contributed by atoms with Gasteiger partial charge in [-0.2, -0.15) is 0 Å². The van der Waals surface area contributed by atoms with Crippen LogP contribution in [-0.2, 0) is 16.0 Å². The zero-order chi connectivity index (χ0) is 22.0. The summed E-state index contributed by atoms with van der Waals surface area (Å²) < 4.78 is 14.3. The van der Waals surface area contributed by atoms with Gasteiger partial charge >= 0.3 is 0 Å². The molecule has 2 aromatic carbocycles. The van der Waals surface area contributed by atoms with E-state index in [1.807, 2.05) is 42.6 Å². The van der Waals surface area contributed by atoms with Crippen molar-refractivity contribution in [3.8, 4) is 11.4 Å². The van der Waals surface area contributed by atoms with E-state index in [0.29, 0.717) is 6.54 Å². The number of thioether (sulfide) groups is 1. The Labute approximate surface area is 196 Å². The molecule has 1 N–H and O–H groups in total. The fourth-order valence-corrected chi connectivity index (χ4v) is 5.34. The Balaban J connectivity index is 1.22. The number of hydrogen-bond acceptors (Lipinski definition) is 6. The number of rotatable bonds is 7. The fourth-order valence-electron chi connectivity index (χ4n) is 4.42. The van der Waals surface area contributed by atoms with E-state index >= 15 is 0 Å². The number of hydrogen-bond donors (Lipinski definition) is 1. The minimum absolute atomic E-state index is 0.0228. The van der Waals surface area contributed by atoms with Gasteiger partial charge in [-0.3, -0.25) is 4.57 Å². The molecule has 4 heterocycles. The van der Waals surface area contributed by atoms with Crippen LogP contribution in [0, 0.1) is 0 Å². The molecular formula is C25H25N5O2S. The van der Waals surface area contributed by atoms with Gasteiger partial charge in [-0.15, -0.1) is 10.2 Å². The number of H-pyrrole nitrogens is 1. The molecule has 168 valence electrons. The van der Waals surface area contributed by atoms with Crippen molar-refractivity contribution in [2.45, 2.75) is 36.8 Å². The largest absolute Gasteiger partial charge is 0.471 e. The number of nitrogens with zero attached hydrogens (tertiary/aromatic N) is 4. The number of aromatic amines is 1. The lowest BCUT2D eigenvalue weighted by Gasteiger charge is -2.15. The molecule has 2 atom stereocenters. The minimum atomic E-state index is 0.0228. The van der Waals surface area contributed by atoms with Crippen LogP contribution in [-0.4, -0.2) is 56.8 Å². The van der Waals surface area contributed by atoms with Crippen molar-refractivity contribution in [3.05, 3.63) is 66.4 Å². The zero-order valence-corrected chi connectivity index (χ0v) is 19.0. The average Bonchev–Trinajstić information content (AvgIpc) is 3.66. The second-order valence-corrected chi connectivity index (χ2v) is 9.35. The Bertz CT molecular complexity index is 1280. The molecule has 0 saturated carbocycles. The Kier molecular flexibility index (Phi) is 5.61. The van der Waals surface area contributed by atoms with Crippen LogP contribution in [0.25, 0.3) is 22.3 Å². The van der Waals surface area contributed by atoms with Gasteiger partial charge in [0.1, 0.15) is 6.10 Å². The van der Waals surface area contributed by atoms with Gasteiger partial charge in [0.15, 0.2) is 11.0 Å². The Morgan fingerprint density at radius 3 is 2.79 bits per heavy atom. The van der Waals surface area contributed by atoms with Crippen molar-refractivity contribution >= 4 is 28.6 Å². The molecule has 2 aromatic heterocycles. The molecule has 2 aliphatic heterocycles. The standard InChI is InChI=1S/C25H25N5O2S/c1-2-7-17(8-3-1)24-27-13-19(32-24)16-33-25-29-28-23(30(25)15-18-9-6-12-31-18)21-14-26-22-11-5-4-10-20(21)22/h1-5,7-8,10-11,14,18-19,26H,6,9,12-13,15-16H2/t18-,19-/m1/s1. The van der Waals surface area contributed by atoms with Crippen LogP contribution in [0.2, 0.25) is 0 Å². The monoisotopic (exact) mass is 459 g/mol. The first-order valence-electron chi connectivity index (χ1n) is 11.4. The van der Waals surface area contributed by atoms with Gasteiger partial charge in [-0.25, -0.2) is 4.99 Å². The summed E-state index contributed by atoms with van der Waals surface area (Å²) in [6.45, 7) is 2.24. The predicted octanol–water partition coefficient (Wildman–Crippen LogP) is 4.54. The summed E-state index contributed by atoms with van der Waals surface area (Å²) in [6, 6.07) is 18.3. The Morgan fingerprint density at radius 2 is 1.91 bits per heavy atom. The summed E-state index contributed by atoms with van der Waals surface area (Å²) in [4.78, 5) is 7.96. The van der Waals surface area contributed by atoms with E-state index in [1.54, 1.807) is 11.8 Å². The van der Waals surface area contributed by atoms with Crippen molar-refractivity contribution in [1.29, 1.82) is 0 Å². The summed E-state index contributed by atoms with van der Waals surface area (Å²) in [5.74, 6) is 2.36. The number of nitrogens with one attached hydrogen (secondary N) is 1. The highest BCUT2D eigenvalue weighted by atomic mass is 32.2. The zero-order valence-electron chi connectivity index (χ0n) is 18.2. The van der Waals surface area contributed by atoms with Crippen LogP contribution in [0.4, 0.5) is 0 Å². The topological polar surface area (TPSA) is 77.3 Å². The van der Waals surface area contributed by atoms with E-state index in [2.05, 4.69) is 42.9 Å². The fraction of sp³-hybridized carbons (Fsp3) is 0.320. The van der Waals surface area contributed by atoms with Crippen LogP contribution in [0.15, 0.2) is 70.9 Å². The first-order valence-corrected chi connectivity index (χ1v) is 12.3. The Morgan fingerprint density at radius 1 is 1.03 bits per heavy atom. The molecule has 0 bridgehead atoms. The van der Waals surface area contributed by atoms with Crippen molar-refractivity contribution in [1.82, 2.24) is 19.7 Å². The van der Waals surface area contributed by atoms with Gasteiger partial charge in [0.2, 0.25) is 5.90 Å². The first-order chi connectivity index (χ1) is 16.3. The molecule has 0 radical (unpaired) electrons. The van der Waals surface area contributed by atoms with Crippen molar-refractivity contribution in [2.24, 2.45) is 4.99 Å². The van der Waals surface area contributed by atoms with Crippen LogP contribution < -0.4 is 0 Å². The average molecular weight is 460 g/mol. The summed E-state index contributed by atoms with van der Waals surface area (Å²) in [5, 5.41) is 11.2. The molecule has 8 heteroatoms. The number of fused-ring (bicyclic) bond motifs is 1. The van der Waals surface area contributed by atoms with Gasteiger partial charge < -0.3 is 14.5 Å². The third-order valence-corrected chi connectivity index (χ3v) is 7.19. The number of para-hydroxylation sites is 1. The van der Waals surface area contributed by atoms with E-state index in [1.165, 1.54) is 0 Å². The summed E-state index contributed by atoms with van der Waals surface area (Å²) in [7, 11) is 0. The lowest BCUT2D eigenvalue weighted by molar-refractivity contribution is 0.0953. The summed E-state index contributed by atoms with van der Waals surface area (Å²) in [6.07, 6.45) is 4.41. The first kappa shape index (κ1) is 20.5. The lowest BCUT2D eigenvalue weighted by Crippen LogP contribution is -2.19. The maximum absolute atomic E-state index is 6.12. The molecule has 2 aliphatic rings. The molecule has 0 aliphatic carbocycles. The van der Waals surface area contributed by atoms with E-state index in [4.69, 9.17) is 9.47 Å². The summed E-state index contributed by atoms with van der Waals surface area (Å²) >= 11 is 1.67. The molecule has 6 rings (SSSR count). The number of benzene rings is 2. The molecule has 4 aromatic rings. The van der Waals surface area contributed by atoms with Crippen LogP contribution >= 0.6 is 11.8 Å². The van der Waals surface area contributed by atoms with E-state index in [-0.39, 0.29) is 12.2 Å². The lowest BCUT2D eigenvalue weighted by atomic mass is 10.1. The van der Waals surface area contributed by atoms with Gasteiger partial charge in [0, 0.05) is 40.6 Å². The number of ether oxygens (including phenoxy) is 2. The van der Waals surface area contributed by atoms with Gasteiger partial charge in [-0.1, -0.05) is 48.2 Å². The van der Waals surface area contributed by atoms with E-state index in [9.17, 15) is 0 Å². The SMILES string of the molecule is c1ccc(C2=NC[C@H](CSc3nnc(-c4c[nH]c5ccccc45)n3C[C@H]3CCCO3)O2)cc1. The highest BCUT2D eigenvalue weighted by molar-refractivity contribution is 7.99. The van der Waals surface area contributed by atoms with Gasteiger partial charge in [-0.05, 0) is 31.0 Å². The van der Waals surface area contributed by atoms with Crippen LogP contribution in [0.1, 0.15) is 18.4 Å². The predicted molar refractivity (Wildman–Crippen MR) is 130 cm³/mol. The maximum atomic E-state index is 6.12. The molecular weight excluding hydrogens is 434 g/mol. The van der Waals surface area contributed by atoms with E-state index in [0.717, 1.165) is 70.7 Å². The molecule has 1 saturated heterocycles. The minimum Gasteiger partial charge on any atom is -0.471 e. The highest BCUT2D eigenvalue weighted by Crippen LogP contribution is 2.32. The molecule has 0 amide bonds. The van der Waals surface area contributed by atoms with Crippen LogP contribution in [0.5, 0.6) is 0 Å². The number of aliphatic imine (C=N–C) groups is 1. The quantitative estimate of drug-likeness (QED) is 0.411. The second-order valence-electron chi connectivity index (χ2n) is 8.36. The van der Waals surface area contributed by atoms with Gasteiger partial charge in [0.05, 0.1) is 19.2 Å². The van der Waals surface area contributed by atoms with E-state index < -0.39 is 0 Å². The van der Waals surface area contributed by atoms with Gasteiger partial charge in [0.25, 0.3) is 0 Å². The molecule has 0 unspecified atom stereocenters. The smallest absolute Gasteiger partial charge is 0.216 e. The highest BCUT2D eigenvalue weighted by Gasteiger charge is 2.26. The molecule has 33 heavy (non-hydrogen) atoms. The third kappa shape index (κ3) is 4.16. The summed E-state index contributed by atoms with van der Waals surface area (Å²) in [5.41, 5.74) is 3.18. The molecule has 0 spiro atoms.